The molecule has 0 radical (unpaired) electrons. The van der Waals surface area contributed by atoms with Crippen molar-refractivity contribution < 1.29 is 0 Å². The molecule has 0 aromatic rings. The smallest absolute Gasteiger partial charge is 0.0768 e. The fourth-order valence-electron chi connectivity index (χ4n) is 2.71. The van der Waals surface area contributed by atoms with Crippen molar-refractivity contribution in [1.29, 1.82) is 0 Å². The predicted molar refractivity (Wildman–Crippen MR) is 74.6 cm³/mol. The summed E-state index contributed by atoms with van der Waals surface area (Å²) in [7, 11) is 0. The number of thiocarbonyl (C=S) groups is 1. The predicted octanol–water partition coefficient (Wildman–Crippen LogP) is 2.81. The second-order valence-electron chi connectivity index (χ2n) is 5.32. The van der Waals surface area contributed by atoms with Crippen LogP contribution < -0.4 is 5.73 Å². The zero-order chi connectivity index (χ0) is 12.1. The molecule has 0 amide bonds. The molecule has 2 nitrogen and oxygen atoms in total. The van der Waals surface area contributed by atoms with E-state index in [1.54, 1.807) is 0 Å². The van der Waals surface area contributed by atoms with E-state index in [1.165, 1.54) is 25.7 Å². The minimum Gasteiger partial charge on any atom is -0.393 e. The van der Waals surface area contributed by atoms with Crippen LogP contribution in [0.15, 0.2) is 0 Å². The summed E-state index contributed by atoms with van der Waals surface area (Å²) in [6, 6.07) is 0.755. The molecule has 94 valence electrons. The van der Waals surface area contributed by atoms with E-state index in [4.69, 9.17) is 18.0 Å². The maximum atomic E-state index is 5.70. The summed E-state index contributed by atoms with van der Waals surface area (Å²) >= 11 is 5.06. The molecule has 0 aromatic heterocycles. The van der Waals surface area contributed by atoms with Gasteiger partial charge in [-0.25, -0.2) is 0 Å². The Morgan fingerprint density at radius 3 is 2.69 bits per heavy atom. The van der Waals surface area contributed by atoms with Crippen molar-refractivity contribution in [2.75, 3.05) is 13.1 Å². The Hall–Kier alpha value is -0.150. The Kier molecular flexibility index (Phi) is 5.70. The van der Waals surface area contributed by atoms with Crippen LogP contribution in [-0.2, 0) is 0 Å². The largest absolute Gasteiger partial charge is 0.393 e. The highest BCUT2D eigenvalue weighted by Crippen LogP contribution is 2.27. The second kappa shape index (κ2) is 6.55. The van der Waals surface area contributed by atoms with Crippen LogP contribution in [0.4, 0.5) is 0 Å². The lowest BCUT2D eigenvalue weighted by Gasteiger charge is -2.37. The summed E-state index contributed by atoms with van der Waals surface area (Å²) in [5, 5.41) is 0. The lowest BCUT2D eigenvalue weighted by atomic mass is 9.86. The van der Waals surface area contributed by atoms with Crippen LogP contribution >= 0.6 is 12.2 Å². The highest BCUT2D eigenvalue weighted by atomic mass is 32.1. The van der Waals surface area contributed by atoms with Crippen molar-refractivity contribution in [3.8, 4) is 0 Å². The average molecular weight is 242 g/mol. The minimum absolute atomic E-state index is 0.340. The van der Waals surface area contributed by atoms with Crippen LogP contribution in [0.25, 0.3) is 0 Å². The molecular formula is C13H26N2S. The Balaban J connectivity index is 2.49. The number of nitrogens with zero attached hydrogens (tertiary/aromatic N) is 1. The fourth-order valence-corrected chi connectivity index (χ4v) is 2.79. The molecule has 0 saturated heterocycles. The van der Waals surface area contributed by atoms with E-state index in [2.05, 4.69) is 25.7 Å². The van der Waals surface area contributed by atoms with Gasteiger partial charge in [0.05, 0.1) is 4.99 Å². The van der Waals surface area contributed by atoms with Crippen LogP contribution in [0.3, 0.4) is 0 Å². The van der Waals surface area contributed by atoms with Gasteiger partial charge in [-0.3, -0.25) is 4.90 Å². The molecule has 0 aliphatic heterocycles. The third-order valence-electron chi connectivity index (χ3n) is 3.83. The molecule has 1 saturated carbocycles. The summed E-state index contributed by atoms with van der Waals surface area (Å²) in [6.45, 7) is 8.90. The van der Waals surface area contributed by atoms with E-state index in [-0.39, 0.29) is 0 Å². The molecule has 0 aromatic carbocycles. The van der Waals surface area contributed by atoms with Gasteiger partial charge < -0.3 is 5.73 Å². The molecule has 3 atom stereocenters. The van der Waals surface area contributed by atoms with Crippen molar-refractivity contribution in [2.45, 2.75) is 52.5 Å². The van der Waals surface area contributed by atoms with Gasteiger partial charge in [0.15, 0.2) is 0 Å². The van der Waals surface area contributed by atoms with Crippen LogP contribution in [-0.4, -0.2) is 29.0 Å². The van der Waals surface area contributed by atoms with Crippen LogP contribution in [0, 0.1) is 11.8 Å². The van der Waals surface area contributed by atoms with Gasteiger partial charge in [-0.1, -0.05) is 45.8 Å². The highest BCUT2D eigenvalue weighted by Gasteiger charge is 2.24. The quantitative estimate of drug-likeness (QED) is 0.752. The number of hydrogen-bond acceptors (Lipinski definition) is 2. The average Bonchev–Trinajstić information content (AvgIpc) is 2.25. The molecule has 0 spiro atoms. The van der Waals surface area contributed by atoms with Gasteiger partial charge in [-0.05, 0) is 25.3 Å². The zero-order valence-electron chi connectivity index (χ0n) is 10.9. The maximum Gasteiger partial charge on any atom is 0.0768 e. The van der Waals surface area contributed by atoms with E-state index < -0.39 is 0 Å². The van der Waals surface area contributed by atoms with Gasteiger partial charge in [0, 0.05) is 18.5 Å². The summed E-state index contributed by atoms with van der Waals surface area (Å²) in [4.78, 5) is 3.22. The molecule has 3 unspecified atom stereocenters. The summed E-state index contributed by atoms with van der Waals surface area (Å²) < 4.78 is 0. The molecule has 16 heavy (non-hydrogen) atoms. The van der Waals surface area contributed by atoms with Crippen molar-refractivity contribution >= 4 is 17.2 Å². The monoisotopic (exact) mass is 242 g/mol. The van der Waals surface area contributed by atoms with Gasteiger partial charge in [0.25, 0.3) is 0 Å². The molecule has 0 heterocycles. The molecule has 1 fully saturated rings. The summed E-state index contributed by atoms with van der Waals surface area (Å²) in [6.07, 6.45) is 5.48. The number of nitrogens with two attached hydrogens (primary N) is 1. The van der Waals surface area contributed by atoms with Gasteiger partial charge in [0.1, 0.15) is 0 Å². The van der Waals surface area contributed by atoms with Crippen LogP contribution in [0.5, 0.6) is 0 Å². The van der Waals surface area contributed by atoms with Gasteiger partial charge in [0.2, 0.25) is 0 Å². The summed E-state index contributed by atoms with van der Waals surface area (Å²) in [5.41, 5.74) is 5.70. The van der Waals surface area contributed by atoms with Gasteiger partial charge in [-0.15, -0.1) is 0 Å². The van der Waals surface area contributed by atoms with Crippen molar-refractivity contribution in [1.82, 2.24) is 4.90 Å². The summed E-state index contributed by atoms with van der Waals surface area (Å²) in [5.74, 6) is 1.22. The topological polar surface area (TPSA) is 29.3 Å². The van der Waals surface area contributed by atoms with E-state index >= 15 is 0 Å². The van der Waals surface area contributed by atoms with Crippen molar-refractivity contribution in [3.05, 3.63) is 0 Å². The standard InChI is InChI=1S/C13H26N2S/c1-4-15(9-11(3)13(14)16)12-7-5-6-10(2)8-12/h10-12H,4-9H2,1-3H3,(H2,14,16). The zero-order valence-corrected chi connectivity index (χ0v) is 11.7. The lowest BCUT2D eigenvalue weighted by molar-refractivity contribution is 0.133. The van der Waals surface area contributed by atoms with Crippen LogP contribution in [0.1, 0.15) is 46.5 Å². The molecule has 3 heteroatoms. The molecule has 1 rings (SSSR count). The highest BCUT2D eigenvalue weighted by molar-refractivity contribution is 7.80. The Morgan fingerprint density at radius 1 is 1.50 bits per heavy atom. The fraction of sp³-hybridized carbons (Fsp3) is 0.923. The molecule has 2 N–H and O–H groups in total. The van der Waals surface area contributed by atoms with E-state index in [1.807, 2.05) is 0 Å². The minimum atomic E-state index is 0.340. The first-order valence-corrected chi connectivity index (χ1v) is 6.98. The number of rotatable bonds is 5. The molecule has 1 aliphatic rings. The Labute approximate surface area is 106 Å². The van der Waals surface area contributed by atoms with E-state index in [9.17, 15) is 0 Å². The molecular weight excluding hydrogens is 216 g/mol. The normalized spacial score (nSPS) is 28.0. The SMILES string of the molecule is CCN(CC(C)C(N)=S)C1CCCC(C)C1. The molecule has 1 aliphatic carbocycles. The van der Waals surface area contributed by atoms with E-state index in [0.29, 0.717) is 10.9 Å². The van der Waals surface area contributed by atoms with E-state index in [0.717, 1.165) is 25.0 Å². The molecule has 0 bridgehead atoms. The van der Waals surface area contributed by atoms with Crippen molar-refractivity contribution in [3.63, 3.8) is 0 Å². The Bertz CT molecular complexity index is 230. The van der Waals surface area contributed by atoms with Crippen molar-refractivity contribution in [2.24, 2.45) is 17.6 Å². The lowest BCUT2D eigenvalue weighted by Crippen LogP contribution is -2.42. The number of hydrogen-bond donors (Lipinski definition) is 1. The Morgan fingerprint density at radius 2 is 2.19 bits per heavy atom. The van der Waals surface area contributed by atoms with Gasteiger partial charge >= 0.3 is 0 Å². The van der Waals surface area contributed by atoms with Crippen LogP contribution in [0.2, 0.25) is 0 Å². The maximum absolute atomic E-state index is 5.70. The first-order chi connectivity index (χ1) is 7.54. The second-order valence-corrected chi connectivity index (χ2v) is 5.79. The first kappa shape index (κ1) is 13.9. The third kappa shape index (κ3) is 4.02. The van der Waals surface area contributed by atoms with Gasteiger partial charge in [-0.2, -0.15) is 0 Å². The third-order valence-corrected chi connectivity index (χ3v) is 4.23. The first-order valence-electron chi connectivity index (χ1n) is 6.58.